The predicted octanol–water partition coefficient (Wildman–Crippen LogP) is 1.87. The van der Waals surface area contributed by atoms with Crippen LogP contribution < -0.4 is 5.32 Å². The van der Waals surface area contributed by atoms with E-state index in [2.05, 4.69) is 5.32 Å². The number of rotatable bonds is 5. The minimum absolute atomic E-state index is 0.184. The quantitative estimate of drug-likeness (QED) is 0.869. The largest absolute Gasteiger partial charge is 0.393 e. The SMILES string of the molecule is O=S(=O)(c1ccccc1NCC1CC(O)C1)C(F)F. The van der Waals surface area contributed by atoms with Crippen molar-refractivity contribution >= 4 is 15.5 Å². The molecule has 0 unspecified atom stereocenters. The van der Waals surface area contributed by atoms with Crippen molar-refractivity contribution in [3.05, 3.63) is 24.3 Å². The van der Waals surface area contributed by atoms with E-state index in [4.69, 9.17) is 5.11 Å². The van der Waals surface area contributed by atoms with E-state index >= 15 is 0 Å². The first-order valence-corrected chi connectivity index (χ1v) is 7.49. The Balaban J connectivity index is 2.13. The monoisotopic (exact) mass is 291 g/mol. The molecule has 0 spiro atoms. The number of sulfone groups is 1. The molecule has 2 N–H and O–H groups in total. The summed E-state index contributed by atoms with van der Waals surface area (Å²) >= 11 is 0. The molecule has 0 radical (unpaired) electrons. The minimum Gasteiger partial charge on any atom is -0.393 e. The van der Waals surface area contributed by atoms with E-state index in [9.17, 15) is 17.2 Å². The molecule has 1 saturated carbocycles. The van der Waals surface area contributed by atoms with Gasteiger partial charge in [-0.1, -0.05) is 12.1 Å². The van der Waals surface area contributed by atoms with Crippen molar-refractivity contribution in [2.75, 3.05) is 11.9 Å². The zero-order valence-electron chi connectivity index (χ0n) is 10.1. The summed E-state index contributed by atoms with van der Waals surface area (Å²) in [5, 5.41) is 12.0. The van der Waals surface area contributed by atoms with Crippen molar-refractivity contribution in [3.8, 4) is 0 Å². The van der Waals surface area contributed by atoms with Crippen molar-refractivity contribution in [1.29, 1.82) is 0 Å². The predicted molar refractivity (Wildman–Crippen MR) is 66.9 cm³/mol. The third kappa shape index (κ3) is 3.03. The van der Waals surface area contributed by atoms with Gasteiger partial charge in [0.05, 0.1) is 16.7 Å². The van der Waals surface area contributed by atoms with Crippen LogP contribution in [0.1, 0.15) is 12.8 Å². The number of hydrogen-bond acceptors (Lipinski definition) is 4. The summed E-state index contributed by atoms with van der Waals surface area (Å²) in [7, 11) is -4.60. The minimum atomic E-state index is -4.60. The third-order valence-corrected chi connectivity index (χ3v) is 4.66. The Hall–Kier alpha value is -1.21. The fourth-order valence-electron chi connectivity index (χ4n) is 2.08. The van der Waals surface area contributed by atoms with Gasteiger partial charge < -0.3 is 10.4 Å². The fraction of sp³-hybridized carbons (Fsp3) is 0.500. The van der Waals surface area contributed by atoms with E-state index < -0.39 is 15.6 Å². The Bertz CT molecular complexity index is 542. The van der Waals surface area contributed by atoms with Gasteiger partial charge in [-0.15, -0.1) is 0 Å². The first kappa shape index (κ1) is 14.2. The molecular formula is C12H15F2NO3S. The van der Waals surface area contributed by atoms with Crippen LogP contribution in [-0.2, 0) is 9.84 Å². The van der Waals surface area contributed by atoms with Gasteiger partial charge in [0, 0.05) is 6.54 Å². The Kier molecular flexibility index (Phi) is 4.05. The molecule has 19 heavy (non-hydrogen) atoms. The van der Waals surface area contributed by atoms with E-state index in [-0.39, 0.29) is 22.6 Å². The molecule has 0 amide bonds. The normalized spacial score (nSPS) is 23.2. The number of aliphatic hydroxyl groups excluding tert-OH is 1. The third-order valence-electron chi connectivity index (χ3n) is 3.22. The second-order valence-corrected chi connectivity index (χ2v) is 6.56. The number of para-hydroxylation sites is 1. The lowest BCUT2D eigenvalue weighted by Crippen LogP contribution is -2.33. The second kappa shape index (κ2) is 5.42. The molecule has 0 atom stereocenters. The van der Waals surface area contributed by atoms with Gasteiger partial charge in [0.2, 0.25) is 9.84 Å². The number of anilines is 1. The molecule has 0 aliphatic heterocycles. The molecule has 2 rings (SSSR count). The van der Waals surface area contributed by atoms with Crippen LogP contribution in [0.5, 0.6) is 0 Å². The number of nitrogens with one attached hydrogen (secondary N) is 1. The average Bonchev–Trinajstić information content (AvgIpc) is 2.33. The molecule has 0 heterocycles. The van der Waals surface area contributed by atoms with Crippen LogP contribution in [0.4, 0.5) is 14.5 Å². The molecule has 4 nitrogen and oxygen atoms in total. The molecule has 7 heteroatoms. The summed E-state index contributed by atoms with van der Waals surface area (Å²) in [5.74, 6) is -3.18. The summed E-state index contributed by atoms with van der Waals surface area (Å²) < 4.78 is 48.1. The fourth-order valence-corrected chi connectivity index (χ4v) is 2.99. The lowest BCUT2D eigenvalue weighted by molar-refractivity contribution is 0.0486. The highest BCUT2D eigenvalue weighted by Gasteiger charge is 2.30. The van der Waals surface area contributed by atoms with Crippen LogP contribution in [-0.4, -0.2) is 31.9 Å². The van der Waals surface area contributed by atoms with Gasteiger partial charge in [0.1, 0.15) is 0 Å². The van der Waals surface area contributed by atoms with Crippen molar-refractivity contribution in [2.24, 2.45) is 5.92 Å². The first-order chi connectivity index (χ1) is 8.91. The number of hydrogen-bond donors (Lipinski definition) is 2. The maximum absolute atomic E-state index is 12.6. The summed E-state index contributed by atoms with van der Waals surface area (Å²) in [5.41, 5.74) is 0.184. The van der Waals surface area contributed by atoms with Crippen LogP contribution >= 0.6 is 0 Å². The van der Waals surface area contributed by atoms with Crippen LogP contribution in [0, 0.1) is 5.92 Å². The Labute approximate surface area is 110 Å². The molecule has 106 valence electrons. The van der Waals surface area contributed by atoms with Gasteiger partial charge in [-0.3, -0.25) is 0 Å². The summed E-state index contributed by atoms with van der Waals surface area (Å²) in [6.07, 6.45) is 1.000. The highest BCUT2D eigenvalue weighted by molar-refractivity contribution is 7.91. The smallest absolute Gasteiger partial charge is 0.341 e. The van der Waals surface area contributed by atoms with Crippen molar-refractivity contribution in [1.82, 2.24) is 0 Å². The van der Waals surface area contributed by atoms with Crippen LogP contribution in [0.3, 0.4) is 0 Å². The highest BCUT2D eigenvalue weighted by Crippen LogP contribution is 2.30. The summed E-state index contributed by atoms with van der Waals surface area (Å²) in [4.78, 5) is -0.384. The highest BCUT2D eigenvalue weighted by atomic mass is 32.2. The van der Waals surface area contributed by atoms with Crippen LogP contribution in [0.2, 0.25) is 0 Å². The maximum atomic E-state index is 12.6. The van der Waals surface area contributed by atoms with Gasteiger partial charge in [-0.2, -0.15) is 8.78 Å². The molecule has 0 aromatic heterocycles. The van der Waals surface area contributed by atoms with E-state index in [0.717, 1.165) is 0 Å². The molecular weight excluding hydrogens is 276 g/mol. The topological polar surface area (TPSA) is 66.4 Å². The van der Waals surface area contributed by atoms with Gasteiger partial charge >= 0.3 is 5.76 Å². The second-order valence-electron chi connectivity index (χ2n) is 4.67. The number of halogens is 2. The molecule has 1 aromatic carbocycles. The lowest BCUT2D eigenvalue weighted by atomic mass is 9.82. The first-order valence-electron chi connectivity index (χ1n) is 5.94. The van der Waals surface area contributed by atoms with Gasteiger partial charge in [-0.05, 0) is 30.9 Å². The number of alkyl halides is 2. The molecule has 1 aromatic rings. The van der Waals surface area contributed by atoms with E-state index in [1.807, 2.05) is 0 Å². The zero-order valence-corrected chi connectivity index (χ0v) is 10.9. The van der Waals surface area contributed by atoms with Gasteiger partial charge in [0.15, 0.2) is 0 Å². The van der Waals surface area contributed by atoms with E-state index in [1.54, 1.807) is 6.07 Å². The standard InChI is InChI=1S/C12H15F2NO3S/c13-12(14)19(17,18)11-4-2-1-3-10(11)15-7-8-5-9(16)6-8/h1-4,8-9,12,15-16H,5-7H2. The number of benzene rings is 1. The van der Waals surface area contributed by atoms with Crippen LogP contribution in [0.25, 0.3) is 0 Å². The van der Waals surface area contributed by atoms with Crippen molar-refractivity contribution in [3.63, 3.8) is 0 Å². The van der Waals surface area contributed by atoms with Crippen molar-refractivity contribution < 1.29 is 22.3 Å². The van der Waals surface area contributed by atoms with Gasteiger partial charge in [0.25, 0.3) is 0 Å². The summed E-state index contributed by atoms with van der Waals surface area (Å²) in [6.45, 7) is 0.465. The van der Waals surface area contributed by atoms with E-state index in [0.29, 0.717) is 19.4 Å². The molecule has 1 fully saturated rings. The van der Waals surface area contributed by atoms with E-state index in [1.165, 1.54) is 18.2 Å². The molecule has 0 saturated heterocycles. The zero-order chi connectivity index (χ0) is 14.0. The molecule has 1 aliphatic rings. The lowest BCUT2D eigenvalue weighted by Gasteiger charge is -2.31. The Morgan fingerprint density at radius 2 is 1.95 bits per heavy atom. The summed E-state index contributed by atoms with van der Waals surface area (Å²) in [6, 6.07) is 5.62. The maximum Gasteiger partial charge on any atom is 0.341 e. The molecule has 1 aliphatic carbocycles. The molecule has 0 bridgehead atoms. The Morgan fingerprint density at radius 3 is 2.53 bits per heavy atom. The Morgan fingerprint density at radius 1 is 1.32 bits per heavy atom. The van der Waals surface area contributed by atoms with Gasteiger partial charge in [-0.25, -0.2) is 8.42 Å². The number of aliphatic hydroxyl groups is 1. The van der Waals surface area contributed by atoms with Crippen molar-refractivity contribution in [2.45, 2.75) is 29.6 Å². The van der Waals surface area contributed by atoms with Crippen LogP contribution in [0.15, 0.2) is 29.2 Å². The average molecular weight is 291 g/mol.